The van der Waals surface area contributed by atoms with E-state index in [1.54, 1.807) is 66.9 Å². The molecular weight excluding hydrogens is 890 g/mol. The Morgan fingerprint density at radius 3 is 2.28 bits per heavy atom. The second-order valence-electron chi connectivity index (χ2n) is 16.1. The van der Waals surface area contributed by atoms with Crippen molar-refractivity contribution in [1.29, 1.82) is 0 Å². The van der Waals surface area contributed by atoms with E-state index in [1.807, 2.05) is 19.9 Å². The minimum Gasteiger partial charge on any atom is -0.496 e. The number of rotatable bonds is 11. The Morgan fingerprint density at radius 2 is 1.67 bits per heavy atom. The quantitative estimate of drug-likeness (QED) is 0.123. The molecule has 1 fully saturated rings. The van der Waals surface area contributed by atoms with Gasteiger partial charge in [0.05, 0.1) is 55.7 Å². The van der Waals surface area contributed by atoms with Crippen LogP contribution in [-0.4, -0.2) is 111 Å². The summed E-state index contributed by atoms with van der Waals surface area (Å²) in [5.41, 5.74) is 8.71. The van der Waals surface area contributed by atoms with Gasteiger partial charge in [-0.05, 0) is 71.4 Å². The number of esters is 1. The maximum Gasteiger partial charge on any atom is 0.490 e. The summed E-state index contributed by atoms with van der Waals surface area (Å²) >= 11 is 12.9. The number of aromatic nitrogens is 3. The van der Waals surface area contributed by atoms with E-state index in [0.717, 1.165) is 0 Å². The number of carbonyl (C=O) groups excluding carboxylic acids is 4. The summed E-state index contributed by atoms with van der Waals surface area (Å²) in [6, 6.07) is 9.38. The zero-order valence-electron chi connectivity index (χ0n) is 35.5. The Balaban J connectivity index is 0.00000102. The van der Waals surface area contributed by atoms with E-state index in [4.69, 9.17) is 62.9 Å². The van der Waals surface area contributed by atoms with Crippen molar-refractivity contribution < 1.29 is 61.2 Å². The third kappa shape index (κ3) is 12.2. The molecule has 4 aromatic rings. The number of ether oxygens (including phenoxy) is 4. The molecule has 344 valence electrons. The van der Waals surface area contributed by atoms with E-state index < -0.39 is 47.1 Å². The fourth-order valence-corrected chi connectivity index (χ4v) is 7.08. The number of alkyl halides is 3. The number of fused-ring (bicyclic) bond motifs is 3. The Kier molecular flexibility index (Phi) is 15.2. The molecule has 64 heavy (non-hydrogen) atoms. The SMILES string of the molecule is COc1cc2c(cc1-c1cncc(NC(=O)CNC(=O)CC[C@@H](N)C(=O)OC(C)(C)C)c1)-c1c(c(C(=O)N3CCOCC3(C)C)nn1-c1cc(Cl)cc(Cl)c1)CO2.O=C(O)C(F)(F)F. The Labute approximate surface area is 375 Å². The number of nitrogens with zero attached hydrogens (tertiary/aromatic N) is 4. The maximum absolute atomic E-state index is 14.3. The molecule has 2 aliphatic rings. The van der Waals surface area contributed by atoms with Gasteiger partial charge in [0.15, 0.2) is 5.69 Å². The Bertz CT molecular complexity index is 2420. The molecule has 0 unspecified atom stereocenters. The molecule has 4 heterocycles. The van der Waals surface area contributed by atoms with Gasteiger partial charge in [0.1, 0.15) is 29.7 Å². The largest absolute Gasteiger partial charge is 0.496 e. The predicted octanol–water partition coefficient (Wildman–Crippen LogP) is 6.20. The third-order valence-corrected chi connectivity index (χ3v) is 9.95. The second kappa shape index (κ2) is 19.8. The van der Waals surface area contributed by atoms with Gasteiger partial charge in [-0.25, -0.2) is 9.48 Å². The standard InChI is InChI=1S/C40H45Cl2N7O8.C2HF3O2/c1-39(2,3)57-38(53)30(43)7-8-33(50)45-19-34(51)46-25-11-22(17-44-18-25)27-15-28-32(16-31(27)54-6)56-20-29-35(37(52)48-9-10-55-21-40(48,4)5)47-49(36(28)29)26-13-23(41)12-24(42)14-26;3-2(4,5)1(6)7/h11-18,30H,7-10,19-21,43H2,1-6H3,(H,45,50)(H,46,51);(H,6,7)/t30-;/m1./s1. The van der Waals surface area contributed by atoms with Crippen molar-refractivity contribution in [3.63, 3.8) is 0 Å². The van der Waals surface area contributed by atoms with Gasteiger partial charge in [-0.15, -0.1) is 0 Å². The van der Waals surface area contributed by atoms with E-state index in [0.29, 0.717) is 80.6 Å². The summed E-state index contributed by atoms with van der Waals surface area (Å²) in [6.07, 6.45) is -2.01. The predicted molar refractivity (Wildman–Crippen MR) is 227 cm³/mol. The molecule has 22 heteroatoms. The lowest BCUT2D eigenvalue weighted by Gasteiger charge is -2.41. The molecule has 2 aliphatic heterocycles. The number of hydrogen-bond donors (Lipinski definition) is 4. The monoisotopic (exact) mass is 935 g/mol. The Morgan fingerprint density at radius 1 is 1.00 bits per heavy atom. The van der Waals surface area contributed by atoms with Gasteiger partial charge in [-0.3, -0.25) is 24.2 Å². The number of pyridine rings is 1. The topological polar surface area (TPSA) is 227 Å². The number of anilines is 1. The number of carboxylic acids is 1. The highest BCUT2D eigenvalue weighted by Gasteiger charge is 2.40. The van der Waals surface area contributed by atoms with Crippen LogP contribution in [-0.2, 0) is 35.3 Å². The average Bonchev–Trinajstić information content (AvgIpc) is 3.60. The first-order valence-electron chi connectivity index (χ1n) is 19.5. The zero-order valence-corrected chi connectivity index (χ0v) is 37.0. The van der Waals surface area contributed by atoms with Crippen LogP contribution in [0.25, 0.3) is 28.1 Å². The fraction of sp³-hybridized carbons (Fsp3) is 0.405. The number of carboxylic acid groups (broad SMARTS) is 1. The highest BCUT2D eigenvalue weighted by atomic mass is 35.5. The smallest absolute Gasteiger partial charge is 0.490 e. The lowest BCUT2D eigenvalue weighted by Crippen LogP contribution is -2.55. The van der Waals surface area contributed by atoms with Crippen LogP contribution in [0, 0.1) is 0 Å². The van der Waals surface area contributed by atoms with E-state index in [9.17, 15) is 32.3 Å². The van der Waals surface area contributed by atoms with Crippen molar-refractivity contribution in [2.24, 2.45) is 5.73 Å². The van der Waals surface area contributed by atoms with Crippen LogP contribution in [0.3, 0.4) is 0 Å². The molecule has 6 rings (SSSR count). The number of aliphatic carboxylic acids is 1. The molecule has 0 radical (unpaired) electrons. The number of carbonyl (C=O) groups is 5. The minimum atomic E-state index is -5.08. The van der Waals surface area contributed by atoms with E-state index >= 15 is 0 Å². The second-order valence-corrected chi connectivity index (χ2v) is 17.0. The molecule has 0 saturated carbocycles. The zero-order chi connectivity index (χ0) is 47.3. The van der Waals surface area contributed by atoms with Crippen molar-refractivity contribution >= 4 is 58.5 Å². The summed E-state index contributed by atoms with van der Waals surface area (Å²) < 4.78 is 56.4. The van der Waals surface area contributed by atoms with Crippen LogP contribution < -0.4 is 25.8 Å². The van der Waals surface area contributed by atoms with Gasteiger partial charge in [0, 0.05) is 57.5 Å². The number of amides is 3. The molecular formula is C42H46Cl2F3N7O10. The van der Waals surface area contributed by atoms with Gasteiger partial charge < -0.3 is 45.3 Å². The summed E-state index contributed by atoms with van der Waals surface area (Å²) in [4.78, 5) is 66.8. The summed E-state index contributed by atoms with van der Waals surface area (Å²) in [5, 5.41) is 18.1. The van der Waals surface area contributed by atoms with Crippen molar-refractivity contribution in [2.45, 2.75) is 77.4 Å². The molecule has 1 atom stereocenters. The van der Waals surface area contributed by atoms with Gasteiger partial charge in [-0.1, -0.05) is 23.2 Å². The van der Waals surface area contributed by atoms with Gasteiger partial charge in [0.2, 0.25) is 11.8 Å². The van der Waals surface area contributed by atoms with Crippen molar-refractivity contribution in [2.75, 3.05) is 38.7 Å². The van der Waals surface area contributed by atoms with E-state index in [-0.39, 0.29) is 37.6 Å². The fourth-order valence-electron chi connectivity index (χ4n) is 6.57. The third-order valence-electron chi connectivity index (χ3n) is 9.51. The highest BCUT2D eigenvalue weighted by molar-refractivity contribution is 6.34. The molecule has 1 saturated heterocycles. The van der Waals surface area contributed by atoms with Crippen LogP contribution in [0.2, 0.25) is 10.0 Å². The van der Waals surface area contributed by atoms with Crippen molar-refractivity contribution in [3.8, 4) is 39.6 Å². The highest BCUT2D eigenvalue weighted by Crippen LogP contribution is 2.47. The van der Waals surface area contributed by atoms with Crippen molar-refractivity contribution in [3.05, 3.63) is 70.1 Å². The summed E-state index contributed by atoms with van der Waals surface area (Å²) in [5.74, 6) is -3.62. The lowest BCUT2D eigenvalue weighted by atomic mass is 9.95. The number of nitrogens with two attached hydrogens (primary N) is 1. The molecule has 0 aliphatic carbocycles. The maximum atomic E-state index is 14.3. The first-order valence-corrected chi connectivity index (χ1v) is 20.3. The molecule has 17 nitrogen and oxygen atoms in total. The number of hydrogen-bond acceptors (Lipinski definition) is 12. The first kappa shape index (κ1) is 49.1. The molecule has 5 N–H and O–H groups in total. The average molecular weight is 937 g/mol. The minimum absolute atomic E-state index is 0.0563. The van der Waals surface area contributed by atoms with Gasteiger partial charge in [-0.2, -0.15) is 18.3 Å². The van der Waals surface area contributed by atoms with Gasteiger partial charge in [0.25, 0.3) is 5.91 Å². The molecule has 2 aromatic carbocycles. The van der Waals surface area contributed by atoms with Crippen molar-refractivity contribution in [1.82, 2.24) is 25.0 Å². The van der Waals surface area contributed by atoms with Crippen LogP contribution in [0.5, 0.6) is 11.5 Å². The van der Waals surface area contributed by atoms with Crippen LogP contribution in [0.15, 0.2) is 48.8 Å². The number of methoxy groups -OCH3 is 1. The lowest BCUT2D eigenvalue weighted by molar-refractivity contribution is -0.192. The summed E-state index contributed by atoms with van der Waals surface area (Å²) in [6.45, 7) is 9.98. The van der Waals surface area contributed by atoms with E-state index in [1.165, 1.54) is 13.3 Å². The van der Waals surface area contributed by atoms with Crippen LogP contribution in [0.4, 0.5) is 18.9 Å². The first-order chi connectivity index (χ1) is 29.9. The summed E-state index contributed by atoms with van der Waals surface area (Å²) in [7, 11) is 1.53. The van der Waals surface area contributed by atoms with Crippen LogP contribution >= 0.6 is 23.2 Å². The number of halogens is 5. The van der Waals surface area contributed by atoms with E-state index in [2.05, 4.69) is 15.6 Å². The molecule has 0 bridgehead atoms. The Hall–Kier alpha value is -5.96. The number of nitrogens with one attached hydrogen (secondary N) is 2. The molecule has 3 amide bonds. The van der Waals surface area contributed by atoms with Crippen LogP contribution in [0.1, 0.15) is 63.5 Å². The normalized spacial score (nSPS) is 14.7. The number of benzene rings is 2. The van der Waals surface area contributed by atoms with Gasteiger partial charge >= 0.3 is 18.1 Å². The molecule has 0 spiro atoms. The number of morpholine rings is 1. The molecule has 2 aromatic heterocycles.